The molecule has 0 heterocycles. The maximum absolute atomic E-state index is 7.16. The molecule has 5 aromatic carbocycles. The van der Waals surface area contributed by atoms with E-state index in [1.807, 2.05) is 6.26 Å². The highest BCUT2D eigenvalue weighted by Gasteiger charge is 2.51. The van der Waals surface area contributed by atoms with Gasteiger partial charge in [-0.2, -0.15) is 0 Å². The van der Waals surface area contributed by atoms with E-state index in [1.165, 1.54) is 31.9 Å². The second-order valence-electron chi connectivity index (χ2n) is 9.88. The van der Waals surface area contributed by atoms with Crippen molar-refractivity contribution in [2.75, 3.05) is 0 Å². The Balaban J connectivity index is 1.84. The van der Waals surface area contributed by atoms with Crippen LogP contribution >= 0.6 is 0 Å². The van der Waals surface area contributed by atoms with E-state index in [0.29, 0.717) is 0 Å². The zero-order valence-electron chi connectivity index (χ0n) is 20.1. The summed E-state index contributed by atoms with van der Waals surface area (Å²) in [5.41, 5.74) is 0. The largest absolute Gasteiger partial charge is 0.539 e. The SMILES string of the molecule is C=c1/c(=C\O[Si](c2ccccc2)(c2ccccc2)C(C)(C)C)c2ccccc2c2ccccc12. The maximum atomic E-state index is 7.16. The van der Waals surface area contributed by atoms with Crippen LogP contribution in [-0.4, -0.2) is 8.32 Å². The predicted molar refractivity (Wildman–Crippen MR) is 149 cm³/mol. The first-order valence-electron chi connectivity index (χ1n) is 11.8. The Morgan fingerprint density at radius 3 is 1.50 bits per heavy atom. The van der Waals surface area contributed by atoms with Gasteiger partial charge in [-0.3, -0.25) is 0 Å². The minimum Gasteiger partial charge on any atom is -0.539 e. The smallest absolute Gasteiger partial charge is 0.319 e. The Labute approximate surface area is 202 Å². The summed E-state index contributed by atoms with van der Waals surface area (Å²) in [7, 11) is -2.69. The van der Waals surface area contributed by atoms with Crippen molar-refractivity contribution >= 4 is 53.1 Å². The van der Waals surface area contributed by atoms with Gasteiger partial charge in [0.2, 0.25) is 0 Å². The molecule has 0 fully saturated rings. The summed E-state index contributed by atoms with van der Waals surface area (Å²) in [6, 6.07) is 38.6. The van der Waals surface area contributed by atoms with Gasteiger partial charge in [-0.05, 0) is 42.2 Å². The molecule has 0 aromatic heterocycles. The van der Waals surface area contributed by atoms with Gasteiger partial charge in [-0.15, -0.1) is 0 Å². The van der Waals surface area contributed by atoms with Crippen molar-refractivity contribution in [1.82, 2.24) is 0 Å². The van der Waals surface area contributed by atoms with Crippen molar-refractivity contribution in [3.8, 4) is 0 Å². The molecule has 34 heavy (non-hydrogen) atoms. The second-order valence-corrected chi connectivity index (χ2v) is 14.1. The first-order chi connectivity index (χ1) is 16.4. The van der Waals surface area contributed by atoms with Crippen molar-refractivity contribution < 1.29 is 4.43 Å². The van der Waals surface area contributed by atoms with Crippen LogP contribution < -0.4 is 20.8 Å². The van der Waals surface area contributed by atoms with Crippen molar-refractivity contribution in [1.29, 1.82) is 0 Å². The summed E-state index contributed by atoms with van der Waals surface area (Å²) in [4.78, 5) is 0. The van der Waals surface area contributed by atoms with E-state index in [-0.39, 0.29) is 5.04 Å². The van der Waals surface area contributed by atoms with Gasteiger partial charge in [0.05, 0.1) is 6.26 Å². The molecule has 0 aliphatic rings. The Morgan fingerprint density at radius 2 is 1.00 bits per heavy atom. The van der Waals surface area contributed by atoms with Gasteiger partial charge in [0.15, 0.2) is 0 Å². The van der Waals surface area contributed by atoms with Gasteiger partial charge in [0.1, 0.15) is 0 Å². The minimum absolute atomic E-state index is 0.0970. The molecule has 0 spiro atoms. The summed E-state index contributed by atoms with van der Waals surface area (Å²) in [5.74, 6) is 0. The number of hydrogen-bond donors (Lipinski definition) is 0. The van der Waals surface area contributed by atoms with Gasteiger partial charge in [-0.1, -0.05) is 137 Å². The third-order valence-corrected chi connectivity index (χ3v) is 11.7. The topological polar surface area (TPSA) is 9.23 Å². The lowest BCUT2D eigenvalue weighted by Crippen LogP contribution is -2.66. The van der Waals surface area contributed by atoms with Gasteiger partial charge in [0.25, 0.3) is 0 Å². The summed E-state index contributed by atoms with van der Waals surface area (Å²) in [6.45, 7) is 11.4. The quantitative estimate of drug-likeness (QED) is 0.247. The van der Waals surface area contributed by atoms with Crippen molar-refractivity contribution in [3.05, 3.63) is 120 Å². The molecule has 0 N–H and O–H groups in total. The van der Waals surface area contributed by atoms with E-state index in [2.05, 4.69) is 137 Å². The summed E-state index contributed by atoms with van der Waals surface area (Å²) in [5, 5.41) is 9.28. The van der Waals surface area contributed by atoms with E-state index in [4.69, 9.17) is 4.43 Å². The molecule has 5 rings (SSSR count). The number of benzene rings is 5. The highest BCUT2D eigenvalue weighted by Crippen LogP contribution is 2.37. The lowest BCUT2D eigenvalue weighted by atomic mass is 9.98. The zero-order chi connectivity index (χ0) is 23.8. The third kappa shape index (κ3) is 3.55. The van der Waals surface area contributed by atoms with Crippen molar-refractivity contribution in [3.63, 3.8) is 0 Å². The third-order valence-electron chi connectivity index (χ3n) is 6.86. The highest BCUT2D eigenvalue weighted by molar-refractivity contribution is 6.99. The molecule has 0 aliphatic heterocycles. The molecular weight excluding hydrogens is 428 g/mol. The van der Waals surface area contributed by atoms with Gasteiger partial charge < -0.3 is 4.43 Å². The predicted octanol–water partition coefficient (Wildman–Crippen LogP) is 5.72. The van der Waals surface area contributed by atoms with Gasteiger partial charge in [0, 0.05) is 5.22 Å². The molecule has 0 amide bonds. The Kier molecular flexibility index (Phi) is 5.63. The average Bonchev–Trinajstić information content (AvgIpc) is 2.86. The fourth-order valence-electron chi connectivity index (χ4n) is 5.21. The molecule has 0 unspecified atom stereocenters. The van der Waals surface area contributed by atoms with Crippen LogP contribution in [0.5, 0.6) is 0 Å². The molecular formula is C32H30OSi. The first-order valence-corrected chi connectivity index (χ1v) is 13.7. The van der Waals surface area contributed by atoms with E-state index in [0.717, 1.165) is 10.4 Å². The van der Waals surface area contributed by atoms with Crippen molar-refractivity contribution in [2.45, 2.75) is 25.8 Å². The van der Waals surface area contributed by atoms with Crippen LogP contribution in [0.2, 0.25) is 5.04 Å². The molecule has 2 heteroatoms. The molecule has 0 saturated heterocycles. The Hall–Kier alpha value is -3.62. The monoisotopic (exact) mass is 458 g/mol. The second kappa shape index (κ2) is 8.62. The average molecular weight is 459 g/mol. The lowest BCUT2D eigenvalue weighted by molar-refractivity contribution is 0.493. The molecule has 0 bridgehead atoms. The minimum atomic E-state index is -2.69. The summed E-state index contributed by atoms with van der Waals surface area (Å²) >= 11 is 0. The van der Waals surface area contributed by atoms with Crippen LogP contribution in [0.15, 0.2) is 109 Å². The summed E-state index contributed by atoms with van der Waals surface area (Å²) in [6.07, 6.45) is 2.01. The Morgan fingerprint density at radius 1 is 0.588 bits per heavy atom. The normalized spacial score (nSPS) is 12.9. The van der Waals surface area contributed by atoms with Crippen LogP contribution in [0.1, 0.15) is 20.8 Å². The van der Waals surface area contributed by atoms with E-state index >= 15 is 0 Å². The van der Waals surface area contributed by atoms with Crippen LogP contribution in [0.4, 0.5) is 0 Å². The molecule has 0 aliphatic carbocycles. The lowest BCUT2D eigenvalue weighted by Gasteiger charge is -2.42. The molecule has 0 saturated carbocycles. The van der Waals surface area contributed by atoms with Crippen LogP contribution in [-0.2, 0) is 4.43 Å². The molecule has 1 nitrogen and oxygen atoms in total. The fraction of sp³-hybridized carbons (Fsp3) is 0.125. The number of hydrogen-bond acceptors (Lipinski definition) is 1. The summed E-state index contributed by atoms with van der Waals surface area (Å²) < 4.78 is 7.16. The maximum Gasteiger partial charge on any atom is 0.319 e. The standard InChI is InChI=1S/C32H30OSi/c1-24-27-19-11-12-20-28(27)29-21-13-14-22-30(29)31(24)23-33-34(32(2,3)4,25-15-7-5-8-16-25)26-17-9-6-10-18-26/h5-23H,1H2,2-4H3/b31-23+. The number of fused-ring (bicyclic) bond motifs is 3. The number of rotatable bonds is 4. The molecule has 0 atom stereocenters. The van der Waals surface area contributed by atoms with Crippen molar-refractivity contribution in [2.24, 2.45) is 0 Å². The van der Waals surface area contributed by atoms with Crippen LogP contribution in [0, 0.1) is 0 Å². The van der Waals surface area contributed by atoms with Crippen LogP contribution in [0.3, 0.4) is 0 Å². The molecule has 0 radical (unpaired) electrons. The van der Waals surface area contributed by atoms with Gasteiger partial charge in [-0.25, -0.2) is 0 Å². The first kappa shape index (κ1) is 22.2. The molecule has 168 valence electrons. The van der Waals surface area contributed by atoms with Crippen LogP contribution in [0.25, 0.3) is 34.4 Å². The van der Waals surface area contributed by atoms with Gasteiger partial charge >= 0.3 is 8.32 Å². The highest BCUT2D eigenvalue weighted by atomic mass is 28.4. The molecule has 5 aromatic rings. The Bertz CT molecular complexity index is 1530. The van der Waals surface area contributed by atoms with E-state index < -0.39 is 8.32 Å². The zero-order valence-corrected chi connectivity index (χ0v) is 21.1. The fourth-order valence-corrected chi connectivity index (χ4v) is 9.52. The van der Waals surface area contributed by atoms with E-state index in [9.17, 15) is 0 Å². The van der Waals surface area contributed by atoms with E-state index in [1.54, 1.807) is 0 Å².